The maximum absolute atomic E-state index is 13.5. The zero-order valence-corrected chi connectivity index (χ0v) is 11.1. The third-order valence-corrected chi connectivity index (χ3v) is 2.88. The van der Waals surface area contributed by atoms with Crippen molar-refractivity contribution >= 4 is 18.3 Å². The number of carbonyl (C=O) groups excluding carboxylic acids is 1. The van der Waals surface area contributed by atoms with Crippen LogP contribution in [0.2, 0.25) is 0 Å². The van der Waals surface area contributed by atoms with E-state index in [1.165, 1.54) is 4.90 Å². The van der Waals surface area contributed by atoms with E-state index < -0.39 is 28.9 Å². The van der Waals surface area contributed by atoms with Crippen LogP contribution in [0.3, 0.4) is 0 Å². The molecule has 0 radical (unpaired) electrons. The van der Waals surface area contributed by atoms with Gasteiger partial charge in [0.25, 0.3) is 5.91 Å². The molecule has 1 fully saturated rings. The van der Waals surface area contributed by atoms with Gasteiger partial charge in [-0.1, -0.05) is 0 Å². The average molecular weight is 295 g/mol. The van der Waals surface area contributed by atoms with Gasteiger partial charge in [-0.15, -0.1) is 12.4 Å². The third kappa shape index (κ3) is 3.39. The molecule has 1 saturated heterocycles. The number of amides is 1. The van der Waals surface area contributed by atoms with Crippen LogP contribution >= 0.6 is 12.4 Å². The number of carbonyl (C=O) groups is 1. The number of nitrogens with zero attached hydrogens (tertiary/aromatic N) is 1. The van der Waals surface area contributed by atoms with Gasteiger partial charge in [-0.3, -0.25) is 4.79 Å². The summed E-state index contributed by atoms with van der Waals surface area (Å²) in [5.41, 5.74) is -0.689. The highest BCUT2D eigenvalue weighted by atomic mass is 35.5. The van der Waals surface area contributed by atoms with Crippen LogP contribution in [-0.2, 0) is 0 Å². The lowest BCUT2D eigenvalue weighted by Crippen LogP contribution is -2.51. The molecule has 7 heteroatoms. The van der Waals surface area contributed by atoms with E-state index in [1.54, 1.807) is 0 Å². The van der Waals surface area contributed by atoms with Gasteiger partial charge in [-0.2, -0.15) is 0 Å². The molecule has 0 spiro atoms. The number of nitrogens with one attached hydrogen (secondary N) is 1. The zero-order valence-electron chi connectivity index (χ0n) is 10.3. The fourth-order valence-corrected chi connectivity index (χ4v) is 2.02. The minimum atomic E-state index is -1.16. The van der Waals surface area contributed by atoms with E-state index in [2.05, 4.69) is 5.32 Å². The van der Waals surface area contributed by atoms with Gasteiger partial charge in [0.2, 0.25) is 0 Å². The fourth-order valence-electron chi connectivity index (χ4n) is 2.02. The maximum atomic E-state index is 13.5. The first-order chi connectivity index (χ1) is 8.49. The van der Waals surface area contributed by atoms with Crippen molar-refractivity contribution in [2.45, 2.75) is 13.0 Å². The average Bonchev–Trinajstić information content (AvgIpc) is 2.27. The molecule has 0 unspecified atom stereocenters. The first-order valence-electron chi connectivity index (χ1n) is 5.66. The molecule has 1 aromatic rings. The minimum Gasteiger partial charge on any atom is -0.336 e. The van der Waals surface area contributed by atoms with Gasteiger partial charge in [0.15, 0.2) is 0 Å². The molecule has 1 aromatic carbocycles. The lowest BCUT2D eigenvalue weighted by Gasteiger charge is -2.32. The summed E-state index contributed by atoms with van der Waals surface area (Å²) < 4.78 is 39.7. The van der Waals surface area contributed by atoms with E-state index in [9.17, 15) is 18.0 Å². The molecule has 0 saturated carbocycles. The van der Waals surface area contributed by atoms with E-state index >= 15 is 0 Å². The van der Waals surface area contributed by atoms with Crippen molar-refractivity contribution in [3.8, 4) is 0 Å². The molecular formula is C12H14ClF3N2O. The van der Waals surface area contributed by atoms with Crippen molar-refractivity contribution in [2.24, 2.45) is 0 Å². The summed E-state index contributed by atoms with van der Waals surface area (Å²) in [6.07, 6.45) is 0. The van der Waals surface area contributed by atoms with E-state index in [-0.39, 0.29) is 18.4 Å². The van der Waals surface area contributed by atoms with Crippen LogP contribution in [0.15, 0.2) is 12.1 Å². The Bertz CT molecular complexity index is 461. The first-order valence-corrected chi connectivity index (χ1v) is 5.66. The highest BCUT2D eigenvalue weighted by Gasteiger charge is 2.26. The topological polar surface area (TPSA) is 32.3 Å². The Balaban J connectivity index is 0.00000180. The highest BCUT2D eigenvalue weighted by Crippen LogP contribution is 2.17. The summed E-state index contributed by atoms with van der Waals surface area (Å²) in [5.74, 6) is -4.10. The van der Waals surface area contributed by atoms with Gasteiger partial charge in [0.1, 0.15) is 23.0 Å². The first kappa shape index (κ1) is 15.8. The largest absolute Gasteiger partial charge is 0.336 e. The summed E-state index contributed by atoms with van der Waals surface area (Å²) in [5, 5.41) is 3.12. The predicted octanol–water partition coefficient (Wildman–Crippen LogP) is 1.96. The Morgan fingerprint density at radius 3 is 2.42 bits per heavy atom. The number of rotatable bonds is 1. The van der Waals surface area contributed by atoms with Gasteiger partial charge >= 0.3 is 0 Å². The number of halogens is 4. The minimum absolute atomic E-state index is 0. The third-order valence-electron chi connectivity index (χ3n) is 2.88. The molecular weight excluding hydrogens is 281 g/mol. The summed E-state index contributed by atoms with van der Waals surface area (Å²) in [6.45, 7) is 3.18. The Kier molecular flexibility index (Phi) is 5.20. The van der Waals surface area contributed by atoms with E-state index in [0.29, 0.717) is 31.8 Å². The summed E-state index contributed by atoms with van der Waals surface area (Å²) in [6, 6.07) is 1.10. The molecule has 2 rings (SSSR count). The zero-order chi connectivity index (χ0) is 13.3. The van der Waals surface area contributed by atoms with E-state index in [0.717, 1.165) is 0 Å². The second-order valence-corrected chi connectivity index (χ2v) is 4.35. The van der Waals surface area contributed by atoms with Gasteiger partial charge in [0.05, 0.1) is 0 Å². The van der Waals surface area contributed by atoms with Crippen molar-refractivity contribution in [1.29, 1.82) is 0 Å². The summed E-state index contributed by atoms with van der Waals surface area (Å²) >= 11 is 0. The second-order valence-electron chi connectivity index (χ2n) is 4.35. The van der Waals surface area contributed by atoms with Crippen LogP contribution in [0, 0.1) is 17.5 Å². The van der Waals surface area contributed by atoms with Crippen LogP contribution in [0.5, 0.6) is 0 Å². The Labute approximate surface area is 115 Å². The molecule has 1 aliphatic heterocycles. The van der Waals surface area contributed by atoms with Crippen molar-refractivity contribution in [2.75, 3.05) is 19.6 Å². The lowest BCUT2D eigenvalue weighted by molar-refractivity contribution is 0.0699. The molecule has 106 valence electrons. The Morgan fingerprint density at radius 2 is 1.89 bits per heavy atom. The van der Waals surface area contributed by atoms with Crippen molar-refractivity contribution < 1.29 is 18.0 Å². The van der Waals surface area contributed by atoms with Crippen LogP contribution in [0.1, 0.15) is 17.3 Å². The monoisotopic (exact) mass is 294 g/mol. The standard InChI is InChI=1S/C12H13F3N2O.ClH/c1-7-6-17(3-2-16-7)12(18)11-9(14)4-8(13)5-10(11)15;/h4-5,7,16H,2-3,6H2,1H3;1H/t7-;/m1./s1. The SMILES string of the molecule is C[C@@H]1CN(C(=O)c2c(F)cc(F)cc2F)CCN1.Cl. The van der Waals surface area contributed by atoms with Crippen LogP contribution in [-0.4, -0.2) is 36.5 Å². The molecule has 3 nitrogen and oxygen atoms in total. The highest BCUT2D eigenvalue weighted by molar-refractivity contribution is 5.94. The fraction of sp³-hybridized carbons (Fsp3) is 0.417. The molecule has 1 N–H and O–H groups in total. The van der Waals surface area contributed by atoms with Gasteiger partial charge in [0, 0.05) is 37.8 Å². The smallest absolute Gasteiger partial charge is 0.259 e. The summed E-state index contributed by atoms with van der Waals surface area (Å²) in [4.78, 5) is 13.4. The van der Waals surface area contributed by atoms with Crippen LogP contribution in [0.25, 0.3) is 0 Å². The number of hydrogen-bond donors (Lipinski definition) is 1. The predicted molar refractivity (Wildman–Crippen MR) is 66.9 cm³/mol. The summed E-state index contributed by atoms with van der Waals surface area (Å²) in [7, 11) is 0. The van der Waals surface area contributed by atoms with Crippen LogP contribution < -0.4 is 5.32 Å². The number of piperazine rings is 1. The molecule has 0 bridgehead atoms. The van der Waals surface area contributed by atoms with Crippen molar-refractivity contribution in [3.63, 3.8) is 0 Å². The molecule has 0 aromatic heterocycles. The van der Waals surface area contributed by atoms with Crippen LogP contribution in [0.4, 0.5) is 13.2 Å². The molecule has 1 heterocycles. The molecule has 1 aliphatic rings. The second kappa shape index (κ2) is 6.25. The molecule has 19 heavy (non-hydrogen) atoms. The number of benzene rings is 1. The van der Waals surface area contributed by atoms with Crippen molar-refractivity contribution in [1.82, 2.24) is 10.2 Å². The molecule has 1 atom stereocenters. The maximum Gasteiger partial charge on any atom is 0.259 e. The van der Waals surface area contributed by atoms with Crippen molar-refractivity contribution in [3.05, 3.63) is 35.1 Å². The Morgan fingerprint density at radius 1 is 1.32 bits per heavy atom. The van der Waals surface area contributed by atoms with E-state index in [1.807, 2.05) is 6.92 Å². The Hall–Kier alpha value is -1.27. The quantitative estimate of drug-likeness (QED) is 0.859. The van der Waals surface area contributed by atoms with Gasteiger partial charge < -0.3 is 10.2 Å². The molecule has 0 aliphatic carbocycles. The normalized spacial score (nSPS) is 18.9. The van der Waals surface area contributed by atoms with Gasteiger partial charge in [-0.25, -0.2) is 13.2 Å². The lowest BCUT2D eigenvalue weighted by atomic mass is 10.1. The molecule has 1 amide bonds. The number of hydrogen-bond acceptors (Lipinski definition) is 2. The van der Waals surface area contributed by atoms with E-state index in [4.69, 9.17) is 0 Å². The van der Waals surface area contributed by atoms with Gasteiger partial charge in [-0.05, 0) is 6.92 Å².